The molecule has 3 atom stereocenters. The summed E-state index contributed by atoms with van der Waals surface area (Å²) in [7, 11) is 0. The van der Waals surface area contributed by atoms with Gasteiger partial charge in [0.05, 0.1) is 13.2 Å². The largest absolute Gasteiger partial charge is 0.491 e. The Hall–Kier alpha value is -2.04. The molecule has 3 fully saturated rings. The first-order chi connectivity index (χ1) is 17.7. The summed E-state index contributed by atoms with van der Waals surface area (Å²) in [4.78, 5) is 0. The molecule has 3 aliphatic rings. The highest BCUT2D eigenvalue weighted by atomic mass is 16.6. The van der Waals surface area contributed by atoms with E-state index in [9.17, 15) is 0 Å². The Balaban J connectivity index is 1.20. The van der Waals surface area contributed by atoms with Gasteiger partial charge in [0.15, 0.2) is 0 Å². The van der Waals surface area contributed by atoms with Gasteiger partial charge in [-0.05, 0) is 84.7 Å². The number of hydrogen-bond donors (Lipinski definition) is 0. The molecule has 0 radical (unpaired) electrons. The molecule has 0 N–H and O–H groups in total. The Morgan fingerprint density at radius 3 is 2.03 bits per heavy atom. The lowest BCUT2D eigenvalue weighted by Gasteiger charge is -2.30. The fourth-order valence-corrected chi connectivity index (χ4v) is 5.70. The second-order valence-electron chi connectivity index (χ2n) is 11.1. The molecular formula is C32H44O4. The van der Waals surface area contributed by atoms with Gasteiger partial charge in [-0.15, -0.1) is 0 Å². The molecule has 1 aliphatic carbocycles. The van der Waals surface area contributed by atoms with Gasteiger partial charge in [-0.2, -0.15) is 0 Å². The van der Waals surface area contributed by atoms with Crippen molar-refractivity contribution in [2.24, 2.45) is 5.92 Å². The van der Waals surface area contributed by atoms with Gasteiger partial charge in [0.1, 0.15) is 36.9 Å². The first-order valence-corrected chi connectivity index (χ1v) is 14.4. The molecule has 2 aromatic rings. The number of rotatable bonds is 14. The lowest BCUT2D eigenvalue weighted by molar-refractivity contribution is 0.259. The topological polar surface area (TPSA) is 43.5 Å². The Labute approximate surface area is 217 Å². The molecule has 2 saturated heterocycles. The van der Waals surface area contributed by atoms with Gasteiger partial charge in [0.25, 0.3) is 0 Å². The summed E-state index contributed by atoms with van der Waals surface area (Å²) in [6, 6.07) is 15.9. The molecule has 0 aromatic heterocycles. The van der Waals surface area contributed by atoms with Crippen molar-refractivity contribution in [2.75, 3.05) is 26.4 Å². The maximum atomic E-state index is 6.23. The summed E-state index contributed by atoms with van der Waals surface area (Å²) < 4.78 is 22.7. The van der Waals surface area contributed by atoms with Crippen molar-refractivity contribution >= 4 is 0 Å². The van der Waals surface area contributed by atoms with Crippen LogP contribution in [0.4, 0.5) is 0 Å². The summed E-state index contributed by atoms with van der Waals surface area (Å²) in [5.74, 6) is 4.07. The summed E-state index contributed by atoms with van der Waals surface area (Å²) in [6.45, 7) is 7.66. The van der Waals surface area contributed by atoms with E-state index in [4.69, 9.17) is 18.9 Å². The Morgan fingerprint density at radius 1 is 0.806 bits per heavy atom. The maximum Gasteiger partial charge on any atom is 0.122 e. The van der Waals surface area contributed by atoms with Gasteiger partial charge in [0.2, 0.25) is 0 Å². The molecule has 36 heavy (non-hydrogen) atoms. The lowest BCUT2D eigenvalue weighted by Crippen LogP contribution is -2.14. The van der Waals surface area contributed by atoms with Crippen LogP contribution in [0.3, 0.4) is 0 Å². The molecule has 0 bridgehead atoms. The third kappa shape index (κ3) is 7.26. The van der Waals surface area contributed by atoms with Crippen LogP contribution in [0, 0.1) is 5.92 Å². The molecule has 4 nitrogen and oxygen atoms in total. The zero-order valence-electron chi connectivity index (χ0n) is 22.3. The molecule has 3 unspecified atom stereocenters. The summed E-state index contributed by atoms with van der Waals surface area (Å²) in [6.07, 6.45) is 11.9. The zero-order valence-corrected chi connectivity index (χ0v) is 22.3. The molecular weight excluding hydrogens is 448 g/mol. The Bertz CT molecular complexity index is 939. The molecule has 5 rings (SSSR count). The fourth-order valence-electron chi connectivity index (χ4n) is 5.70. The highest BCUT2D eigenvalue weighted by molar-refractivity contribution is 5.39. The molecule has 196 valence electrons. The molecule has 2 heterocycles. The van der Waals surface area contributed by atoms with Crippen LogP contribution in [0.5, 0.6) is 11.5 Å². The maximum absolute atomic E-state index is 6.23. The Morgan fingerprint density at radius 2 is 1.42 bits per heavy atom. The van der Waals surface area contributed by atoms with E-state index in [0.29, 0.717) is 37.3 Å². The van der Waals surface area contributed by atoms with Crippen LogP contribution in [0.2, 0.25) is 0 Å². The average Bonchev–Trinajstić information content (AvgIpc) is 3.85. The van der Waals surface area contributed by atoms with Crippen molar-refractivity contribution in [3.8, 4) is 11.5 Å². The van der Waals surface area contributed by atoms with Crippen LogP contribution in [0.1, 0.15) is 93.7 Å². The van der Waals surface area contributed by atoms with Gasteiger partial charge in [-0.25, -0.2) is 0 Å². The minimum absolute atomic E-state index is 0.294. The predicted molar refractivity (Wildman–Crippen MR) is 144 cm³/mol. The standard InChI is InChI=1S/C32H44O4/c1-3-5-6-23(4-2)17-28-18-27(13-16-32(28)36-22-31-21-35-31)26-9-7-24(8-10-26)25-11-14-29(15-12-25)33-19-30-20-34-30/h11-16,18,23-24,26,30-31H,3-10,17,19-22H2,1-2H3. The number of epoxide rings is 2. The first-order valence-electron chi connectivity index (χ1n) is 14.4. The predicted octanol–water partition coefficient (Wildman–Crippen LogP) is 7.44. The SMILES string of the molecule is CCCCC(CC)Cc1cc(C2CCC(c3ccc(OCC4CO4)cc3)CC2)ccc1OCC1CO1. The van der Waals surface area contributed by atoms with Crippen LogP contribution in [-0.2, 0) is 15.9 Å². The number of hydrogen-bond acceptors (Lipinski definition) is 4. The third-order valence-corrected chi connectivity index (χ3v) is 8.35. The molecule has 0 amide bonds. The van der Waals surface area contributed by atoms with Gasteiger partial charge < -0.3 is 18.9 Å². The van der Waals surface area contributed by atoms with Crippen LogP contribution >= 0.6 is 0 Å². The molecule has 1 saturated carbocycles. The lowest BCUT2D eigenvalue weighted by atomic mass is 9.75. The highest BCUT2D eigenvalue weighted by Gasteiger charge is 2.27. The second-order valence-corrected chi connectivity index (χ2v) is 11.1. The molecule has 2 aromatic carbocycles. The number of benzene rings is 2. The van der Waals surface area contributed by atoms with E-state index in [1.54, 1.807) is 0 Å². The normalized spacial score (nSPS) is 25.8. The molecule has 0 spiro atoms. The quantitative estimate of drug-likeness (QED) is 0.257. The van der Waals surface area contributed by atoms with Gasteiger partial charge >= 0.3 is 0 Å². The van der Waals surface area contributed by atoms with Crippen molar-refractivity contribution in [1.82, 2.24) is 0 Å². The van der Waals surface area contributed by atoms with E-state index >= 15 is 0 Å². The smallest absolute Gasteiger partial charge is 0.122 e. The van der Waals surface area contributed by atoms with Gasteiger partial charge in [0, 0.05) is 0 Å². The second kappa shape index (κ2) is 12.5. The molecule has 4 heteroatoms. The molecule has 2 aliphatic heterocycles. The van der Waals surface area contributed by atoms with E-state index in [2.05, 4.69) is 56.3 Å². The van der Waals surface area contributed by atoms with E-state index in [-0.39, 0.29) is 0 Å². The van der Waals surface area contributed by atoms with Gasteiger partial charge in [-0.3, -0.25) is 0 Å². The van der Waals surface area contributed by atoms with Crippen LogP contribution in [0.25, 0.3) is 0 Å². The van der Waals surface area contributed by atoms with Crippen molar-refractivity contribution in [3.05, 3.63) is 59.2 Å². The van der Waals surface area contributed by atoms with Crippen molar-refractivity contribution in [2.45, 2.75) is 95.7 Å². The van der Waals surface area contributed by atoms with Gasteiger partial charge in [-0.1, -0.05) is 63.8 Å². The van der Waals surface area contributed by atoms with Crippen molar-refractivity contribution < 1.29 is 18.9 Å². The average molecular weight is 493 g/mol. The highest BCUT2D eigenvalue weighted by Crippen LogP contribution is 2.42. The van der Waals surface area contributed by atoms with Crippen molar-refractivity contribution in [3.63, 3.8) is 0 Å². The monoisotopic (exact) mass is 492 g/mol. The third-order valence-electron chi connectivity index (χ3n) is 8.35. The summed E-state index contributed by atoms with van der Waals surface area (Å²) in [5, 5.41) is 0. The van der Waals surface area contributed by atoms with Crippen molar-refractivity contribution in [1.29, 1.82) is 0 Å². The Kier molecular flexibility index (Phi) is 8.87. The van der Waals surface area contributed by atoms with Crippen LogP contribution in [0.15, 0.2) is 42.5 Å². The van der Waals surface area contributed by atoms with Crippen LogP contribution in [-0.4, -0.2) is 38.6 Å². The van der Waals surface area contributed by atoms with Crippen LogP contribution < -0.4 is 9.47 Å². The van der Waals surface area contributed by atoms with E-state index in [1.807, 2.05) is 0 Å². The zero-order chi connectivity index (χ0) is 24.7. The van der Waals surface area contributed by atoms with E-state index in [1.165, 1.54) is 68.1 Å². The van der Waals surface area contributed by atoms with E-state index < -0.39 is 0 Å². The minimum atomic E-state index is 0.294. The minimum Gasteiger partial charge on any atom is -0.491 e. The first kappa shape index (κ1) is 25.6. The fraction of sp³-hybridized carbons (Fsp3) is 0.625. The summed E-state index contributed by atoms with van der Waals surface area (Å²) >= 11 is 0. The summed E-state index contributed by atoms with van der Waals surface area (Å²) in [5.41, 5.74) is 4.37. The number of ether oxygens (including phenoxy) is 4. The number of unbranched alkanes of at least 4 members (excludes halogenated alkanes) is 1. The van der Waals surface area contributed by atoms with E-state index in [0.717, 1.165) is 37.1 Å².